The van der Waals surface area contributed by atoms with Crippen LogP contribution in [-0.4, -0.2) is 55.8 Å². The second-order valence-electron chi connectivity index (χ2n) is 9.10. The molecule has 2 rings (SSSR count). The Bertz CT molecular complexity index is 670. The number of piperazine rings is 1. The Balaban J connectivity index is 0. The summed E-state index contributed by atoms with van der Waals surface area (Å²) in [5.41, 5.74) is 1.36. The van der Waals surface area contributed by atoms with E-state index in [2.05, 4.69) is 56.5 Å². The predicted molar refractivity (Wildman–Crippen MR) is 134 cm³/mol. The number of hydrogen-bond donors (Lipinski definition) is 1. The third kappa shape index (κ3) is 17.2. The number of amides is 1. The van der Waals surface area contributed by atoms with Crippen LogP contribution in [0.15, 0.2) is 30.3 Å². The maximum absolute atomic E-state index is 11.1. The molecule has 1 aliphatic heterocycles. The lowest BCUT2D eigenvalue weighted by Crippen LogP contribution is -2.56. The highest BCUT2D eigenvalue weighted by molar-refractivity contribution is 5.89. The molecule has 2 atom stereocenters. The van der Waals surface area contributed by atoms with Crippen molar-refractivity contribution in [3.8, 4) is 0 Å². The van der Waals surface area contributed by atoms with E-state index in [-0.39, 0.29) is 17.9 Å². The van der Waals surface area contributed by atoms with Crippen LogP contribution in [0.25, 0.3) is 6.08 Å². The molecule has 1 N–H and O–H groups in total. The van der Waals surface area contributed by atoms with Gasteiger partial charge in [-0.2, -0.15) is 0 Å². The van der Waals surface area contributed by atoms with Crippen LogP contribution >= 0.6 is 0 Å². The normalized spacial score (nSPS) is 17.8. The third-order valence-corrected chi connectivity index (χ3v) is 3.69. The standard InChI is InChI=1S/C11H10O3.C7H14N2O.2C4H10/c1-14-11(13)10-6-4-9(5-7-10)3-2-8-12;1-5-4-9(3)6(2)7(10)8-5;2*1-4(2)3/h2-8H,1H3;5-6H,4H2,1-3H3,(H,8,10);2*4H,1-3H3/b3-2+;;;. The van der Waals surface area contributed by atoms with Gasteiger partial charge in [-0.1, -0.05) is 59.8 Å². The average molecular weight is 449 g/mol. The second kappa shape index (κ2) is 18.1. The third-order valence-electron chi connectivity index (χ3n) is 3.69. The quantitative estimate of drug-likeness (QED) is 0.407. The van der Waals surface area contributed by atoms with Crippen LogP contribution in [0.1, 0.15) is 71.3 Å². The fourth-order valence-electron chi connectivity index (χ4n) is 2.20. The molecule has 1 aliphatic rings. The van der Waals surface area contributed by atoms with Gasteiger partial charge in [-0.05, 0) is 56.5 Å². The first-order chi connectivity index (χ1) is 14.8. The molecule has 0 aromatic heterocycles. The summed E-state index contributed by atoms with van der Waals surface area (Å²) in [5, 5.41) is 2.88. The number of likely N-dealkylation sites (N-methyl/N-ethyl adjacent to an activating group) is 1. The molecule has 2 unspecified atom stereocenters. The van der Waals surface area contributed by atoms with Gasteiger partial charge in [0, 0.05) is 12.6 Å². The van der Waals surface area contributed by atoms with Crippen LogP contribution in [0.4, 0.5) is 0 Å². The van der Waals surface area contributed by atoms with Gasteiger partial charge in [-0.3, -0.25) is 14.5 Å². The lowest BCUT2D eigenvalue weighted by molar-refractivity contribution is -0.128. The van der Waals surface area contributed by atoms with E-state index >= 15 is 0 Å². The van der Waals surface area contributed by atoms with Crippen molar-refractivity contribution >= 4 is 24.2 Å². The van der Waals surface area contributed by atoms with E-state index in [1.807, 2.05) is 20.9 Å². The summed E-state index contributed by atoms with van der Waals surface area (Å²) >= 11 is 0. The summed E-state index contributed by atoms with van der Waals surface area (Å²) < 4.78 is 4.54. The predicted octanol–water partition coefficient (Wildman–Crippen LogP) is 4.83. The van der Waals surface area contributed by atoms with Gasteiger partial charge in [0.25, 0.3) is 0 Å². The van der Waals surface area contributed by atoms with E-state index in [1.54, 1.807) is 30.3 Å². The maximum atomic E-state index is 11.1. The molecule has 1 fully saturated rings. The number of nitrogens with one attached hydrogen (secondary N) is 1. The summed E-state index contributed by atoms with van der Waals surface area (Å²) in [7, 11) is 3.31. The van der Waals surface area contributed by atoms with E-state index in [0.29, 0.717) is 17.9 Å². The second-order valence-corrected chi connectivity index (χ2v) is 9.10. The highest BCUT2D eigenvalue weighted by atomic mass is 16.5. The van der Waals surface area contributed by atoms with Crippen LogP contribution in [0.3, 0.4) is 0 Å². The minimum Gasteiger partial charge on any atom is -0.465 e. The summed E-state index contributed by atoms with van der Waals surface area (Å²) in [4.78, 5) is 34.2. The lowest BCUT2D eigenvalue weighted by atomic mass is 10.1. The Morgan fingerprint density at radius 2 is 1.53 bits per heavy atom. The number of ether oxygens (including phenoxy) is 1. The molecule has 1 aromatic rings. The number of hydrogen-bond acceptors (Lipinski definition) is 5. The molecule has 0 saturated carbocycles. The van der Waals surface area contributed by atoms with Gasteiger partial charge in [0.05, 0.1) is 18.7 Å². The number of methoxy groups -OCH3 is 1. The van der Waals surface area contributed by atoms with Crippen molar-refractivity contribution in [2.45, 2.75) is 67.5 Å². The number of carbonyl (C=O) groups is 3. The molecule has 1 aromatic carbocycles. The molecule has 0 radical (unpaired) electrons. The number of carbonyl (C=O) groups excluding carboxylic acids is 3. The van der Waals surface area contributed by atoms with Crippen molar-refractivity contribution in [2.24, 2.45) is 11.8 Å². The number of nitrogens with zero attached hydrogens (tertiary/aromatic N) is 1. The summed E-state index contributed by atoms with van der Waals surface area (Å²) in [6.07, 6.45) is 3.76. The lowest BCUT2D eigenvalue weighted by Gasteiger charge is -2.33. The van der Waals surface area contributed by atoms with Gasteiger partial charge in [0.1, 0.15) is 6.29 Å². The van der Waals surface area contributed by atoms with Crippen LogP contribution < -0.4 is 5.32 Å². The molecule has 6 nitrogen and oxygen atoms in total. The molecule has 0 aliphatic carbocycles. The van der Waals surface area contributed by atoms with Gasteiger partial charge in [-0.15, -0.1) is 0 Å². The Morgan fingerprint density at radius 1 is 1.06 bits per heavy atom. The fraction of sp³-hybridized carbons (Fsp3) is 0.577. The van der Waals surface area contributed by atoms with Crippen LogP contribution in [0, 0.1) is 11.8 Å². The Labute approximate surface area is 195 Å². The number of allylic oxidation sites excluding steroid dienone is 1. The van der Waals surface area contributed by atoms with Gasteiger partial charge >= 0.3 is 5.97 Å². The first-order valence-corrected chi connectivity index (χ1v) is 11.2. The van der Waals surface area contributed by atoms with Crippen molar-refractivity contribution in [3.05, 3.63) is 41.5 Å². The Hall–Kier alpha value is -2.47. The molecule has 6 heteroatoms. The molecular weight excluding hydrogens is 404 g/mol. The molecule has 32 heavy (non-hydrogen) atoms. The first-order valence-electron chi connectivity index (χ1n) is 11.2. The summed E-state index contributed by atoms with van der Waals surface area (Å²) in [6.45, 7) is 17.9. The SMILES string of the molecule is CC(C)C.CC(C)C.CC1CN(C)C(C)C(=O)N1.COC(=O)c1ccc(/C=C/C=O)cc1. The zero-order chi connectivity index (χ0) is 25.3. The van der Waals surface area contributed by atoms with Crippen LogP contribution in [0.2, 0.25) is 0 Å². The zero-order valence-electron chi connectivity index (χ0n) is 21.6. The van der Waals surface area contributed by atoms with Gasteiger partial charge in [-0.25, -0.2) is 4.79 Å². The molecule has 1 saturated heterocycles. The molecule has 1 heterocycles. The van der Waals surface area contributed by atoms with Crippen molar-refractivity contribution in [1.29, 1.82) is 0 Å². The smallest absolute Gasteiger partial charge is 0.337 e. The number of rotatable bonds is 3. The summed E-state index contributed by atoms with van der Waals surface area (Å²) in [5.74, 6) is 1.44. The van der Waals surface area contributed by atoms with E-state index in [9.17, 15) is 14.4 Å². The molecular formula is C26H44N2O4. The van der Waals surface area contributed by atoms with E-state index in [4.69, 9.17) is 0 Å². The number of aldehydes is 1. The van der Waals surface area contributed by atoms with Crippen molar-refractivity contribution in [3.63, 3.8) is 0 Å². The fourth-order valence-corrected chi connectivity index (χ4v) is 2.20. The average Bonchev–Trinajstić information content (AvgIpc) is 2.70. The largest absolute Gasteiger partial charge is 0.465 e. The van der Waals surface area contributed by atoms with Crippen LogP contribution in [-0.2, 0) is 14.3 Å². The van der Waals surface area contributed by atoms with Crippen molar-refractivity contribution < 1.29 is 19.1 Å². The summed E-state index contributed by atoms with van der Waals surface area (Å²) in [6, 6.07) is 7.12. The topological polar surface area (TPSA) is 75.7 Å². The van der Waals surface area contributed by atoms with Crippen LogP contribution in [0.5, 0.6) is 0 Å². The van der Waals surface area contributed by atoms with E-state index in [0.717, 1.165) is 23.9 Å². The zero-order valence-corrected chi connectivity index (χ0v) is 21.6. The first kappa shape index (κ1) is 31.7. The Morgan fingerprint density at radius 3 is 1.91 bits per heavy atom. The molecule has 0 bridgehead atoms. The number of esters is 1. The maximum Gasteiger partial charge on any atom is 0.337 e. The monoisotopic (exact) mass is 448 g/mol. The minimum absolute atomic E-state index is 0.0381. The molecule has 1 amide bonds. The minimum atomic E-state index is -0.365. The molecule has 0 spiro atoms. The van der Waals surface area contributed by atoms with Crippen molar-refractivity contribution in [2.75, 3.05) is 20.7 Å². The van der Waals surface area contributed by atoms with Crippen molar-refractivity contribution in [1.82, 2.24) is 10.2 Å². The van der Waals surface area contributed by atoms with Gasteiger partial charge in [0.2, 0.25) is 5.91 Å². The van der Waals surface area contributed by atoms with Gasteiger partial charge < -0.3 is 10.1 Å². The highest BCUT2D eigenvalue weighted by Gasteiger charge is 2.25. The Kier molecular flexibility index (Phi) is 18.0. The highest BCUT2D eigenvalue weighted by Crippen LogP contribution is 2.07. The van der Waals surface area contributed by atoms with E-state index in [1.165, 1.54) is 13.2 Å². The van der Waals surface area contributed by atoms with Gasteiger partial charge in [0.15, 0.2) is 0 Å². The number of benzene rings is 1. The van der Waals surface area contributed by atoms with E-state index < -0.39 is 0 Å². The molecule has 182 valence electrons.